The lowest BCUT2D eigenvalue weighted by Gasteiger charge is -2.32. The highest BCUT2D eigenvalue weighted by atomic mass is 16.6. The lowest BCUT2D eigenvalue weighted by molar-refractivity contribution is -0.385. The number of rotatable bonds is 5. The summed E-state index contributed by atoms with van der Waals surface area (Å²) in [5.74, 6) is 0.479. The molecule has 136 valence electrons. The number of nitro groups is 1. The fourth-order valence-electron chi connectivity index (χ4n) is 3.64. The van der Waals surface area contributed by atoms with E-state index in [4.69, 9.17) is 0 Å². The molecule has 0 spiro atoms. The van der Waals surface area contributed by atoms with Crippen molar-refractivity contribution < 1.29 is 9.72 Å². The highest BCUT2D eigenvalue weighted by Gasteiger charge is 2.25. The van der Waals surface area contributed by atoms with Gasteiger partial charge in [0, 0.05) is 30.3 Å². The second-order valence-corrected chi connectivity index (χ2v) is 6.88. The van der Waals surface area contributed by atoms with E-state index in [0.29, 0.717) is 36.6 Å². The van der Waals surface area contributed by atoms with Crippen molar-refractivity contribution in [1.82, 2.24) is 4.90 Å². The molecule has 0 atom stereocenters. The highest BCUT2D eigenvalue weighted by Crippen LogP contribution is 2.25. The molecule has 0 saturated carbocycles. The van der Waals surface area contributed by atoms with Crippen molar-refractivity contribution in [2.24, 2.45) is 5.92 Å². The Kier molecular flexibility index (Phi) is 5.66. The molecule has 2 aromatic carbocycles. The zero-order chi connectivity index (χ0) is 18.5. The Morgan fingerprint density at radius 1 is 1.15 bits per heavy atom. The summed E-state index contributed by atoms with van der Waals surface area (Å²) < 4.78 is 0. The van der Waals surface area contributed by atoms with Gasteiger partial charge >= 0.3 is 0 Å². The van der Waals surface area contributed by atoms with E-state index in [-0.39, 0.29) is 11.6 Å². The van der Waals surface area contributed by atoms with Crippen molar-refractivity contribution in [3.63, 3.8) is 0 Å². The normalized spacial score (nSPS) is 15.0. The van der Waals surface area contributed by atoms with Gasteiger partial charge < -0.3 is 4.90 Å². The summed E-state index contributed by atoms with van der Waals surface area (Å²) in [6, 6.07) is 15.3. The summed E-state index contributed by atoms with van der Waals surface area (Å²) in [6.07, 6.45) is 3.56. The third-order valence-electron chi connectivity index (χ3n) is 5.18. The number of carbonyl (C=O) groups excluding carboxylic acids is 1. The summed E-state index contributed by atoms with van der Waals surface area (Å²) >= 11 is 0. The number of nitro benzene ring substituents is 1. The van der Waals surface area contributed by atoms with Crippen LogP contribution in [0.3, 0.4) is 0 Å². The number of piperidine rings is 1. The fourth-order valence-corrected chi connectivity index (χ4v) is 3.64. The molecule has 5 nitrogen and oxygen atoms in total. The number of amides is 1. The lowest BCUT2D eigenvalue weighted by Crippen LogP contribution is -2.38. The van der Waals surface area contributed by atoms with Crippen LogP contribution in [0.5, 0.6) is 0 Å². The van der Waals surface area contributed by atoms with E-state index < -0.39 is 4.92 Å². The molecule has 0 aromatic heterocycles. The topological polar surface area (TPSA) is 63.5 Å². The van der Waals surface area contributed by atoms with Crippen molar-refractivity contribution in [3.05, 3.63) is 75.3 Å². The monoisotopic (exact) mass is 352 g/mol. The quantitative estimate of drug-likeness (QED) is 0.597. The molecule has 0 unspecified atom stereocenters. The van der Waals surface area contributed by atoms with Crippen LogP contribution in [0.15, 0.2) is 48.5 Å². The third kappa shape index (κ3) is 4.10. The van der Waals surface area contributed by atoms with E-state index in [9.17, 15) is 14.9 Å². The Balaban J connectivity index is 1.63. The number of likely N-dealkylation sites (tertiary alicyclic amines) is 1. The van der Waals surface area contributed by atoms with Crippen LogP contribution >= 0.6 is 0 Å². The van der Waals surface area contributed by atoms with Crippen LogP contribution in [0.1, 0.15) is 41.3 Å². The number of hydrogen-bond acceptors (Lipinski definition) is 3. The van der Waals surface area contributed by atoms with Crippen LogP contribution in [-0.4, -0.2) is 28.8 Å². The van der Waals surface area contributed by atoms with Gasteiger partial charge in [0.2, 0.25) is 0 Å². The first kappa shape index (κ1) is 18.1. The molecule has 0 bridgehead atoms. The van der Waals surface area contributed by atoms with Gasteiger partial charge in [-0.15, -0.1) is 0 Å². The van der Waals surface area contributed by atoms with Crippen LogP contribution < -0.4 is 0 Å². The first-order valence-electron chi connectivity index (χ1n) is 9.19. The molecule has 0 N–H and O–H groups in total. The smallest absolute Gasteiger partial charge is 0.273 e. The maximum Gasteiger partial charge on any atom is 0.273 e. The van der Waals surface area contributed by atoms with E-state index in [1.54, 1.807) is 12.1 Å². The van der Waals surface area contributed by atoms with Gasteiger partial charge in [0.05, 0.1) is 4.92 Å². The number of carbonyl (C=O) groups is 1. The number of benzene rings is 2. The Bertz CT molecular complexity index is 781. The average Bonchev–Trinajstić information content (AvgIpc) is 2.68. The molecular weight excluding hydrogens is 328 g/mol. The molecule has 3 rings (SSSR count). The van der Waals surface area contributed by atoms with Crippen molar-refractivity contribution in [2.75, 3.05) is 13.1 Å². The Hall–Kier alpha value is -2.69. The lowest BCUT2D eigenvalue weighted by atomic mass is 9.90. The van der Waals surface area contributed by atoms with E-state index in [0.717, 1.165) is 19.3 Å². The van der Waals surface area contributed by atoms with Crippen LogP contribution in [0, 0.1) is 16.0 Å². The Morgan fingerprint density at radius 3 is 2.46 bits per heavy atom. The molecule has 5 heteroatoms. The van der Waals surface area contributed by atoms with E-state index in [1.807, 2.05) is 17.9 Å². The van der Waals surface area contributed by atoms with Gasteiger partial charge in [-0.3, -0.25) is 14.9 Å². The zero-order valence-corrected chi connectivity index (χ0v) is 15.1. The molecule has 1 aliphatic rings. The minimum Gasteiger partial charge on any atom is -0.339 e. The minimum absolute atomic E-state index is 0.0392. The molecule has 1 aliphatic heterocycles. The first-order valence-corrected chi connectivity index (χ1v) is 9.19. The molecule has 1 fully saturated rings. The number of nitrogens with zero attached hydrogens (tertiary/aromatic N) is 2. The second kappa shape index (κ2) is 8.13. The van der Waals surface area contributed by atoms with Crippen LogP contribution in [0.4, 0.5) is 5.69 Å². The average molecular weight is 352 g/mol. The maximum atomic E-state index is 12.7. The minimum atomic E-state index is -0.401. The predicted molar refractivity (Wildman–Crippen MR) is 101 cm³/mol. The molecular formula is C21H24N2O3. The van der Waals surface area contributed by atoms with Crippen molar-refractivity contribution in [3.8, 4) is 0 Å². The standard InChI is InChI=1S/C21H24N2O3/c1-2-18-8-9-19(15-20(18)23(25)26)21(24)22-12-10-17(11-13-22)14-16-6-4-3-5-7-16/h3-9,15,17H,2,10-14H2,1H3. The van der Waals surface area contributed by atoms with Gasteiger partial charge in [0.25, 0.3) is 11.6 Å². The van der Waals surface area contributed by atoms with Crippen molar-refractivity contribution in [2.45, 2.75) is 32.6 Å². The van der Waals surface area contributed by atoms with Crippen LogP contribution in [0.25, 0.3) is 0 Å². The summed E-state index contributed by atoms with van der Waals surface area (Å²) in [7, 11) is 0. The van der Waals surface area contributed by atoms with Gasteiger partial charge in [-0.1, -0.05) is 43.3 Å². The first-order chi connectivity index (χ1) is 12.6. The molecule has 0 aliphatic carbocycles. The van der Waals surface area contributed by atoms with E-state index in [2.05, 4.69) is 24.3 Å². The maximum absolute atomic E-state index is 12.7. The van der Waals surface area contributed by atoms with Crippen molar-refractivity contribution >= 4 is 11.6 Å². The Morgan fingerprint density at radius 2 is 1.85 bits per heavy atom. The molecule has 1 amide bonds. The molecule has 0 radical (unpaired) electrons. The molecule has 26 heavy (non-hydrogen) atoms. The van der Waals surface area contributed by atoms with Crippen molar-refractivity contribution in [1.29, 1.82) is 0 Å². The number of aryl methyl sites for hydroxylation is 1. The molecule has 1 heterocycles. The van der Waals surface area contributed by atoms with Gasteiger partial charge in [0.1, 0.15) is 0 Å². The summed E-state index contributed by atoms with van der Waals surface area (Å²) in [6.45, 7) is 3.29. The zero-order valence-electron chi connectivity index (χ0n) is 15.1. The van der Waals surface area contributed by atoms with Gasteiger partial charge in [0.15, 0.2) is 0 Å². The summed E-state index contributed by atoms with van der Waals surface area (Å²) in [5, 5.41) is 11.2. The largest absolute Gasteiger partial charge is 0.339 e. The van der Waals surface area contributed by atoms with Gasteiger partial charge in [-0.05, 0) is 43.2 Å². The SMILES string of the molecule is CCc1ccc(C(=O)N2CCC(Cc3ccccc3)CC2)cc1[N+](=O)[O-]. The summed E-state index contributed by atoms with van der Waals surface area (Å²) in [4.78, 5) is 25.4. The van der Waals surface area contributed by atoms with E-state index >= 15 is 0 Å². The highest BCUT2D eigenvalue weighted by molar-refractivity contribution is 5.95. The molecule has 1 saturated heterocycles. The van der Waals surface area contributed by atoms with E-state index in [1.165, 1.54) is 11.6 Å². The van der Waals surface area contributed by atoms with Gasteiger partial charge in [-0.25, -0.2) is 0 Å². The fraction of sp³-hybridized carbons (Fsp3) is 0.381. The number of hydrogen-bond donors (Lipinski definition) is 0. The van der Waals surface area contributed by atoms with Gasteiger partial charge in [-0.2, -0.15) is 0 Å². The third-order valence-corrected chi connectivity index (χ3v) is 5.18. The Labute approximate surface area is 153 Å². The second-order valence-electron chi connectivity index (χ2n) is 6.88. The van der Waals surface area contributed by atoms with Crippen LogP contribution in [0.2, 0.25) is 0 Å². The summed E-state index contributed by atoms with van der Waals surface area (Å²) in [5.41, 5.74) is 2.45. The van der Waals surface area contributed by atoms with Crippen LogP contribution in [-0.2, 0) is 12.8 Å². The molecule has 2 aromatic rings. The predicted octanol–water partition coefficient (Wildman–Crippen LogP) is 4.25.